The maximum absolute atomic E-state index is 11.7. The number of hydrogen-bond donors (Lipinski definition) is 4. The molecule has 4 N–H and O–H groups in total. The highest BCUT2D eigenvalue weighted by Gasteiger charge is 2.29. The van der Waals surface area contributed by atoms with Crippen LogP contribution in [0.25, 0.3) is 32.7 Å². The lowest BCUT2D eigenvalue weighted by atomic mass is 9.93. The first kappa shape index (κ1) is 40.8. The van der Waals surface area contributed by atoms with Crippen molar-refractivity contribution in [3.8, 4) is 0 Å². The van der Waals surface area contributed by atoms with E-state index in [2.05, 4.69) is 80.4 Å². The van der Waals surface area contributed by atoms with Gasteiger partial charge in [-0.2, -0.15) is 0 Å². The number of carboxylic acid groups (broad SMARTS) is 1. The Morgan fingerprint density at radius 1 is 0.625 bits per heavy atom. The maximum atomic E-state index is 11.7. The van der Waals surface area contributed by atoms with Crippen molar-refractivity contribution in [2.24, 2.45) is 0 Å². The molecule has 0 aliphatic heterocycles. The summed E-state index contributed by atoms with van der Waals surface area (Å²) in [4.78, 5) is 43.9. The summed E-state index contributed by atoms with van der Waals surface area (Å²) < 4.78 is 11.1. The van der Waals surface area contributed by atoms with Crippen molar-refractivity contribution in [1.29, 1.82) is 0 Å². The second-order valence-corrected chi connectivity index (χ2v) is 16.2. The van der Waals surface area contributed by atoms with Crippen molar-refractivity contribution in [3.05, 3.63) is 105 Å². The number of carbonyl (C=O) groups excluding carboxylic acids is 2. The minimum Gasteiger partial charge on any atom is -0.481 e. The van der Waals surface area contributed by atoms with Crippen molar-refractivity contribution in [1.82, 2.24) is 15.0 Å². The van der Waals surface area contributed by atoms with Crippen LogP contribution in [0, 0.1) is 0 Å². The van der Waals surface area contributed by atoms with E-state index in [-0.39, 0.29) is 36.1 Å². The number of halogens is 1. The smallest absolute Gasteiger partial charge is 0.306 e. The molecule has 2 fully saturated rings. The van der Waals surface area contributed by atoms with Gasteiger partial charge in [0, 0.05) is 55.8 Å². The Morgan fingerprint density at radius 2 is 1.00 bits per heavy atom. The first-order chi connectivity index (χ1) is 27.0. The molecule has 8 rings (SSSR count). The van der Waals surface area contributed by atoms with Crippen molar-refractivity contribution in [2.45, 2.75) is 109 Å². The number of aromatic amines is 3. The third kappa shape index (κ3) is 9.75. The highest BCUT2D eigenvalue weighted by atomic mass is 79.9. The van der Waals surface area contributed by atoms with Crippen LogP contribution < -0.4 is 0 Å². The van der Waals surface area contributed by atoms with E-state index in [1.165, 1.54) is 58.7 Å². The molecular formula is C46H54BrN3O6. The molecule has 10 heteroatoms. The lowest BCUT2D eigenvalue weighted by Crippen LogP contribution is -2.08. The largest absolute Gasteiger partial charge is 0.481 e. The van der Waals surface area contributed by atoms with E-state index >= 15 is 0 Å². The molecule has 3 atom stereocenters. The van der Waals surface area contributed by atoms with Gasteiger partial charge in [-0.25, -0.2) is 0 Å². The number of carbonyl (C=O) groups is 3. The van der Waals surface area contributed by atoms with Gasteiger partial charge in [0.1, 0.15) is 0 Å². The second-order valence-electron chi connectivity index (χ2n) is 15.3. The standard InChI is InChI=1S/C17H21NO2.C15H17NO2.C14H16BrNO2/c1-3-20-16(19)9-11(2)14-10-18-15-6-4-5-13(17(14)15)12-7-8-12;1-9(7-14(17)18)12-8-16-13-4-2-3-11(15(12)13)10-5-6-10;1-3-18-13(17)7-9(2)10-8-16-12-6-4-5-11(15)14(10)12/h4-6,10-12,18H,3,7-9H2,1-2H3;2-4,8-10,16H,5-7H2,1H3,(H,17,18);4-6,8-9,16H,3,7H2,1-2H3. The molecule has 296 valence electrons. The first-order valence-electron chi connectivity index (χ1n) is 20.0. The van der Waals surface area contributed by atoms with E-state index < -0.39 is 5.97 Å². The third-order valence-corrected chi connectivity index (χ3v) is 11.5. The minimum absolute atomic E-state index is 0.0520. The molecule has 0 spiro atoms. The van der Waals surface area contributed by atoms with Crippen LogP contribution in [-0.4, -0.2) is 51.2 Å². The van der Waals surface area contributed by atoms with Gasteiger partial charge in [0.05, 0.1) is 32.5 Å². The van der Waals surface area contributed by atoms with E-state index in [0.29, 0.717) is 37.9 Å². The monoisotopic (exact) mass is 823 g/mol. The molecule has 0 radical (unpaired) electrons. The van der Waals surface area contributed by atoms with Crippen LogP contribution >= 0.6 is 15.9 Å². The normalized spacial score (nSPS) is 15.3. The number of benzene rings is 3. The highest BCUT2D eigenvalue weighted by molar-refractivity contribution is 9.10. The molecule has 2 aliphatic rings. The number of nitrogens with one attached hydrogen (secondary N) is 3. The fourth-order valence-electron chi connectivity index (χ4n) is 7.81. The average Bonchev–Trinajstić information content (AvgIpc) is 4.06. The second kappa shape index (κ2) is 18.4. The van der Waals surface area contributed by atoms with Gasteiger partial charge < -0.3 is 29.5 Å². The van der Waals surface area contributed by atoms with Gasteiger partial charge in [-0.05, 0) is 121 Å². The molecule has 0 bridgehead atoms. The number of aromatic nitrogens is 3. The van der Waals surface area contributed by atoms with Crippen molar-refractivity contribution >= 4 is 66.5 Å². The molecule has 3 unspecified atom stereocenters. The Morgan fingerprint density at radius 3 is 1.39 bits per heavy atom. The molecule has 0 amide bonds. The average molecular weight is 825 g/mol. The van der Waals surface area contributed by atoms with Gasteiger partial charge >= 0.3 is 17.9 Å². The van der Waals surface area contributed by atoms with Crippen LogP contribution in [0.2, 0.25) is 0 Å². The van der Waals surface area contributed by atoms with Crippen LogP contribution in [0.15, 0.2) is 77.7 Å². The molecule has 2 saturated carbocycles. The van der Waals surface area contributed by atoms with Gasteiger partial charge in [0.25, 0.3) is 0 Å². The molecule has 3 aromatic heterocycles. The summed E-state index contributed by atoms with van der Waals surface area (Å²) in [5.41, 5.74) is 9.76. The number of hydrogen-bond acceptors (Lipinski definition) is 5. The van der Waals surface area contributed by atoms with Crippen LogP contribution in [0.3, 0.4) is 0 Å². The van der Waals surface area contributed by atoms with Gasteiger partial charge in [0.2, 0.25) is 0 Å². The van der Waals surface area contributed by atoms with E-state index in [4.69, 9.17) is 14.6 Å². The zero-order valence-electron chi connectivity index (χ0n) is 33.0. The van der Waals surface area contributed by atoms with E-state index in [1.54, 1.807) is 0 Å². The summed E-state index contributed by atoms with van der Waals surface area (Å²) in [7, 11) is 0. The summed E-state index contributed by atoms with van der Waals surface area (Å²) in [6, 6.07) is 18.8. The van der Waals surface area contributed by atoms with Gasteiger partial charge in [-0.15, -0.1) is 0 Å². The zero-order valence-corrected chi connectivity index (χ0v) is 34.6. The van der Waals surface area contributed by atoms with Gasteiger partial charge in [-0.3, -0.25) is 14.4 Å². The molecule has 3 heterocycles. The highest BCUT2D eigenvalue weighted by Crippen LogP contribution is 2.46. The number of esters is 2. The predicted molar refractivity (Wildman–Crippen MR) is 227 cm³/mol. The quantitative estimate of drug-likeness (QED) is 0.0856. The molecular weight excluding hydrogens is 770 g/mol. The topological polar surface area (TPSA) is 137 Å². The fourth-order valence-corrected chi connectivity index (χ4v) is 8.41. The molecule has 2 aliphatic carbocycles. The van der Waals surface area contributed by atoms with Crippen molar-refractivity contribution in [2.75, 3.05) is 13.2 Å². The fraction of sp³-hybridized carbons (Fsp3) is 0.413. The van der Waals surface area contributed by atoms with E-state index in [0.717, 1.165) is 32.0 Å². The number of carboxylic acids is 1. The number of aliphatic carboxylic acids is 1. The Hall–Kier alpha value is -4.83. The first-order valence-corrected chi connectivity index (χ1v) is 20.8. The Labute approximate surface area is 337 Å². The molecule has 0 saturated heterocycles. The zero-order chi connectivity index (χ0) is 39.9. The maximum Gasteiger partial charge on any atom is 0.306 e. The Kier molecular flexibility index (Phi) is 13.4. The number of H-pyrrole nitrogens is 3. The van der Waals surface area contributed by atoms with E-state index in [1.807, 2.05) is 58.3 Å². The van der Waals surface area contributed by atoms with Crippen LogP contribution in [0.5, 0.6) is 0 Å². The predicted octanol–water partition coefficient (Wildman–Crippen LogP) is 11.7. The number of rotatable bonds is 13. The Bertz CT molecular complexity index is 2290. The van der Waals surface area contributed by atoms with Crippen molar-refractivity contribution < 1.29 is 29.0 Å². The molecule has 3 aromatic carbocycles. The Balaban J connectivity index is 0.000000143. The van der Waals surface area contributed by atoms with Crippen molar-refractivity contribution in [3.63, 3.8) is 0 Å². The molecule has 56 heavy (non-hydrogen) atoms. The van der Waals surface area contributed by atoms with E-state index in [9.17, 15) is 14.4 Å². The summed E-state index contributed by atoms with van der Waals surface area (Å²) in [5.74, 6) is 0.768. The summed E-state index contributed by atoms with van der Waals surface area (Å²) in [6.07, 6.45) is 12.1. The van der Waals surface area contributed by atoms with Crippen LogP contribution in [0.4, 0.5) is 0 Å². The lowest BCUT2D eigenvalue weighted by Gasteiger charge is -2.12. The molecule has 6 aromatic rings. The summed E-state index contributed by atoms with van der Waals surface area (Å²) >= 11 is 3.56. The van der Waals surface area contributed by atoms with Crippen LogP contribution in [0.1, 0.15) is 137 Å². The summed E-state index contributed by atoms with van der Waals surface area (Å²) in [5, 5.41) is 12.7. The van der Waals surface area contributed by atoms with Gasteiger partial charge in [0.15, 0.2) is 0 Å². The summed E-state index contributed by atoms with van der Waals surface area (Å²) in [6.45, 7) is 10.7. The number of fused-ring (bicyclic) bond motifs is 3. The lowest BCUT2D eigenvalue weighted by molar-refractivity contribution is -0.144. The van der Waals surface area contributed by atoms with Crippen LogP contribution in [-0.2, 0) is 23.9 Å². The number of ether oxygens (including phenoxy) is 2. The SMILES string of the molecule is CC(CC(=O)O)c1c[nH]c2cccc(C3CC3)c12.CCOC(=O)CC(C)c1c[nH]c2cccc(Br)c12.CCOC(=O)CC(C)c1c[nH]c2cccc(C3CC3)c12. The minimum atomic E-state index is -0.735. The third-order valence-electron chi connectivity index (χ3n) is 10.9. The van der Waals surface area contributed by atoms with Gasteiger partial charge in [-0.1, -0.05) is 67.0 Å². The molecule has 9 nitrogen and oxygen atoms in total.